The van der Waals surface area contributed by atoms with Gasteiger partial charge >= 0.3 is 0 Å². The van der Waals surface area contributed by atoms with Crippen molar-refractivity contribution < 1.29 is 5.11 Å². The van der Waals surface area contributed by atoms with Crippen LogP contribution in [0.25, 0.3) is 0 Å². The first kappa shape index (κ1) is 13.3. The van der Waals surface area contributed by atoms with Crippen molar-refractivity contribution in [2.75, 3.05) is 26.2 Å². The molecule has 3 nitrogen and oxygen atoms in total. The Labute approximate surface area is 106 Å². The highest BCUT2D eigenvalue weighted by atomic mass is 16.3. The van der Waals surface area contributed by atoms with Crippen molar-refractivity contribution in [3.8, 4) is 0 Å². The quantitative estimate of drug-likeness (QED) is 0.738. The van der Waals surface area contributed by atoms with E-state index in [4.69, 9.17) is 0 Å². The normalized spacial score (nSPS) is 34.2. The van der Waals surface area contributed by atoms with Crippen LogP contribution >= 0.6 is 0 Å². The summed E-state index contributed by atoms with van der Waals surface area (Å²) >= 11 is 0. The number of hydrogen-bond donors (Lipinski definition) is 2. The molecule has 0 aliphatic carbocycles. The van der Waals surface area contributed by atoms with Gasteiger partial charge in [-0.05, 0) is 37.8 Å². The molecule has 0 radical (unpaired) electrons. The maximum absolute atomic E-state index is 10.1. The van der Waals surface area contributed by atoms with E-state index in [2.05, 4.69) is 24.1 Å². The van der Waals surface area contributed by atoms with Gasteiger partial charge in [-0.25, -0.2) is 0 Å². The predicted octanol–water partition coefficient (Wildman–Crippen LogP) is 1.47. The SMILES string of the molecule is CCC(CC)C(O)CNC1CCN2CCC1C2. The van der Waals surface area contributed by atoms with E-state index in [-0.39, 0.29) is 6.10 Å². The topological polar surface area (TPSA) is 35.5 Å². The Kier molecular flexibility index (Phi) is 4.83. The van der Waals surface area contributed by atoms with Gasteiger partial charge in [-0.1, -0.05) is 26.7 Å². The van der Waals surface area contributed by atoms with Crippen LogP contribution in [0.2, 0.25) is 0 Å². The van der Waals surface area contributed by atoms with Crippen LogP contribution in [0, 0.1) is 11.8 Å². The van der Waals surface area contributed by atoms with Crippen LogP contribution in [0.15, 0.2) is 0 Å². The fourth-order valence-electron chi connectivity index (χ4n) is 3.49. The number of fused-ring (bicyclic) bond motifs is 2. The van der Waals surface area contributed by atoms with Gasteiger partial charge in [-0.15, -0.1) is 0 Å². The lowest BCUT2D eigenvalue weighted by atomic mass is 9.92. The summed E-state index contributed by atoms with van der Waals surface area (Å²) in [6, 6.07) is 0.651. The van der Waals surface area contributed by atoms with E-state index in [0.29, 0.717) is 12.0 Å². The minimum Gasteiger partial charge on any atom is -0.392 e. The molecular formula is C14H28N2O. The maximum atomic E-state index is 10.1. The largest absolute Gasteiger partial charge is 0.392 e. The predicted molar refractivity (Wildman–Crippen MR) is 71.0 cm³/mol. The average Bonchev–Trinajstić information content (AvgIpc) is 2.72. The number of hydrogen-bond acceptors (Lipinski definition) is 3. The summed E-state index contributed by atoms with van der Waals surface area (Å²) in [5.74, 6) is 1.30. The first-order valence-corrected chi connectivity index (χ1v) is 7.38. The van der Waals surface area contributed by atoms with E-state index in [1.165, 1.54) is 32.5 Å². The van der Waals surface area contributed by atoms with Crippen LogP contribution in [0.1, 0.15) is 39.5 Å². The summed E-state index contributed by atoms with van der Waals surface area (Å²) in [7, 11) is 0. The zero-order valence-corrected chi connectivity index (χ0v) is 11.4. The Morgan fingerprint density at radius 1 is 1.24 bits per heavy atom. The van der Waals surface area contributed by atoms with Gasteiger partial charge in [0.05, 0.1) is 6.10 Å². The van der Waals surface area contributed by atoms with Crippen molar-refractivity contribution in [1.29, 1.82) is 0 Å². The Morgan fingerprint density at radius 2 is 1.94 bits per heavy atom. The summed E-state index contributed by atoms with van der Waals surface area (Å²) in [6.07, 6.45) is 4.62. The van der Waals surface area contributed by atoms with Gasteiger partial charge in [0.15, 0.2) is 0 Å². The highest BCUT2D eigenvalue weighted by molar-refractivity contribution is 4.91. The second-order valence-electron chi connectivity index (χ2n) is 5.80. The van der Waals surface area contributed by atoms with E-state index in [0.717, 1.165) is 25.3 Å². The molecule has 100 valence electrons. The van der Waals surface area contributed by atoms with Gasteiger partial charge < -0.3 is 15.3 Å². The van der Waals surface area contributed by atoms with Gasteiger partial charge in [0.25, 0.3) is 0 Å². The lowest BCUT2D eigenvalue weighted by molar-refractivity contribution is 0.0917. The van der Waals surface area contributed by atoms with Gasteiger partial charge in [-0.2, -0.15) is 0 Å². The average molecular weight is 240 g/mol. The van der Waals surface area contributed by atoms with Crippen molar-refractivity contribution >= 4 is 0 Å². The summed E-state index contributed by atoms with van der Waals surface area (Å²) in [5, 5.41) is 13.8. The Bertz CT molecular complexity index is 230. The van der Waals surface area contributed by atoms with E-state index < -0.39 is 0 Å². The van der Waals surface area contributed by atoms with E-state index in [1.54, 1.807) is 0 Å². The molecule has 2 aliphatic rings. The standard InChI is InChI=1S/C14H28N2O/c1-3-11(4-2)14(17)9-15-13-6-8-16-7-5-12(13)10-16/h11-15,17H,3-10H2,1-2H3. The van der Waals surface area contributed by atoms with E-state index >= 15 is 0 Å². The fourth-order valence-corrected chi connectivity index (χ4v) is 3.49. The minimum atomic E-state index is -0.163. The molecule has 2 fully saturated rings. The maximum Gasteiger partial charge on any atom is 0.0692 e. The molecule has 2 rings (SSSR count). The van der Waals surface area contributed by atoms with Gasteiger partial charge in [0.2, 0.25) is 0 Å². The molecule has 2 saturated heterocycles. The molecule has 2 N–H and O–H groups in total. The second-order valence-corrected chi connectivity index (χ2v) is 5.80. The third kappa shape index (κ3) is 3.21. The van der Waals surface area contributed by atoms with Crippen molar-refractivity contribution in [3.63, 3.8) is 0 Å². The zero-order valence-electron chi connectivity index (χ0n) is 11.4. The second kappa shape index (κ2) is 6.17. The molecule has 2 aliphatic heterocycles. The van der Waals surface area contributed by atoms with Crippen LogP contribution in [0.5, 0.6) is 0 Å². The molecule has 3 heteroatoms. The monoisotopic (exact) mass is 240 g/mol. The third-order valence-electron chi connectivity index (χ3n) is 4.82. The molecule has 17 heavy (non-hydrogen) atoms. The Balaban J connectivity index is 1.74. The lowest BCUT2D eigenvalue weighted by Crippen LogP contribution is -2.47. The Morgan fingerprint density at radius 3 is 2.65 bits per heavy atom. The van der Waals surface area contributed by atoms with Crippen LogP contribution in [-0.4, -0.2) is 48.3 Å². The summed E-state index contributed by atoms with van der Waals surface area (Å²) in [6.45, 7) is 8.94. The molecule has 0 amide bonds. The molecule has 0 aromatic carbocycles. The summed E-state index contributed by atoms with van der Waals surface area (Å²) in [4.78, 5) is 2.57. The summed E-state index contributed by atoms with van der Waals surface area (Å²) < 4.78 is 0. The highest BCUT2D eigenvalue weighted by Crippen LogP contribution is 2.27. The highest BCUT2D eigenvalue weighted by Gasteiger charge is 2.34. The molecule has 2 heterocycles. The van der Waals surface area contributed by atoms with Gasteiger partial charge in [0, 0.05) is 19.1 Å². The molecule has 4 atom stereocenters. The van der Waals surface area contributed by atoms with E-state index in [1.807, 2.05) is 0 Å². The van der Waals surface area contributed by atoms with Crippen LogP contribution in [0.4, 0.5) is 0 Å². The molecule has 4 unspecified atom stereocenters. The summed E-state index contributed by atoms with van der Waals surface area (Å²) in [5.41, 5.74) is 0. The Hall–Kier alpha value is -0.120. The number of aliphatic hydroxyl groups excluding tert-OH is 1. The number of aliphatic hydroxyl groups is 1. The van der Waals surface area contributed by atoms with Crippen LogP contribution in [0.3, 0.4) is 0 Å². The number of piperidine rings is 1. The van der Waals surface area contributed by atoms with Crippen molar-refractivity contribution in [2.45, 2.75) is 51.7 Å². The first-order valence-electron chi connectivity index (χ1n) is 7.38. The first-order chi connectivity index (χ1) is 8.24. The van der Waals surface area contributed by atoms with Crippen molar-refractivity contribution in [1.82, 2.24) is 10.2 Å². The molecule has 0 saturated carbocycles. The fraction of sp³-hybridized carbons (Fsp3) is 1.00. The number of rotatable bonds is 6. The van der Waals surface area contributed by atoms with Crippen molar-refractivity contribution in [3.05, 3.63) is 0 Å². The smallest absolute Gasteiger partial charge is 0.0692 e. The molecule has 0 aromatic rings. The van der Waals surface area contributed by atoms with Crippen LogP contribution < -0.4 is 5.32 Å². The van der Waals surface area contributed by atoms with Crippen LogP contribution in [-0.2, 0) is 0 Å². The minimum absolute atomic E-state index is 0.163. The van der Waals surface area contributed by atoms with E-state index in [9.17, 15) is 5.11 Å². The zero-order chi connectivity index (χ0) is 12.3. The van der Waals surface area contributed by atoms with Gasteiger partial charge in [0.1, 0.15) is 0 Å². The molecule has 0 aromatic heterocycles. The van der Waals surface area contributed by atoms with Crippen molar-refractivity contribution in [2.24, 2.45) is 11.8 Å². The van der Waals surface area contributed by atoms with Gasteiger partial charge in [-0.3, -0.25) is 0 Å². The lowest BCUT2D eigenvalue weighted by Gasteiger charge is -2.32. The molecular weight excluding hydrogens is 212 g/mol. The molecule has 2 bridgehead atoms. The number of nitrogens with zero attached hydrogens (tertiary/aromatic N) is 1. The third-order valence-corrected chi connectivity index (χ3v) is 4.82. The number of nitrogens with one attached hydrogen (secondary N) is 1. The molecule has 0 spiro atoms.